The van der Waals surface area contributed by atoms with Gasteiger partial charge in [-0.05, 0) is 45.1 Å². The van der Waals surface area contributed by atoms with E-state index in [1.54, 1.807) is 0 Å². The highest BCUT2D eigenvalue weighted by atomic mass is 14.9. The fourth-order valence-electron chi connectivity index (χ4n) is 6.39. The molecule has 0 saturated heterocycles. The highest BCUT2D eigenvalue weighted by molar-refractivity contribution is 6.26. The molecule has 0 atom stereocenters. The highest BCUT2D eigenvalue weighted by Gasteiger charge is 2.14. The first kappa shape index (κ1) is 26.2. The Kier molecular flexibility index (Phi) is 6.10. The normalized spacial score (nSPS) is 11.5. The molecule has 2 heterocycles. The third-order valence-corrected chi connectivity index (χ3v) is 8.70. The Morgan fingerprint density at radius 2 is 0.826 bits per heavy atom. The van der Waals surface area contributed by atoms with Crippen LogP contribution in [0.1, 0.15) is 0 Å². The first-order valence-corrected chi connectivity index (χ1v) is 15.4. The third-order valence-electron chi connectivity index (χ3n) is 8.70. The van der Waals surface area contributed by atoms with Crippen LogP contribution in [0.5, 0.6) is 0 Å². The molecule has 0 saturated carbocycles. The summed E-state index contributed by atoms with van der Waals surface area (Å²) in [5, 5.41) is 8.18. The lowest BCUT2D eigenvalue weighted by molar-refractivity contribution is 1.18. The Labute approximate surface area is 265 Å². The van der Waals surface area contributed by atoms with Gasteiger partial charge in [0, 0.05) is 39.2 Å². The average molecular weight is 587 g/mol. The molecule has 9 aromatic rings. The quantitative estimate of drug-likeness (QED) is 0.152. The van der Waals surface area contributed by atoms with Gasteiger partial charge in [0.2, 0.25) is 0 Å². The largest absolute Gasteiger partial charge is 0.236 e. The van der Waals surface area contributed by atoms with Gasteiger partial charge in [-0.3, -0.25) is 0 Å². The van der Waals surface area contributed by atoms with Gasteiger partial charge in [-0.2, -0.15) is 0 Å². The predicted molar refractivity (Wildman–Crippen MR) is 189 cm³/mol. The second kappa shape index (κ2) is 10.7. The topological polar surface area (TPSA) is 51.6 Å². The van der Waals surface area contributed by atoms with Crippen molar-refractivity contribution in [3.05, 3.63) is 158 Å². The lowest BCUT2D eigenvalue weighted by Gasteiger charge is -2.12. The van der Waals surface area contributed by atoms with Gasteiger partial charge >= 0.3 is 0 Å². The summed E-state index contributed by atoms with van der Waals surface area (Å²) in [5.41, 5.74) is 6.71. The van der Waals surface area contributed by atoms with Gasteiger partial charge in [-0.25, -0.2) is 19.9 Å². The minimum absolute atomic E-state index is 0.676. The van der Waals surface area contributed by atoms with Crippen LogP contribution in [0.4, 0.5) is 0 Å². The molecule has 0 aliphatic rings. The molecule has 4 heteroatoms. The summed E-state index contributed by atoms with van der Waals surface area (Å²) in [5.74, 6) is 1.36. The molecule has 0 bridgehead atoms. The van der Waals surface area contributed by atoms with Crippen molar-refractivity contribution in [3.63, 3.8) is 0 Å². The summed E-state index contributed by atoms with van der Waals surface area (Å²) in [6.45, 7) is 0. The van der Waals surface area contributed by atoms with Gasteiger partial charge in [-0.15, -0.1) is 0 Å². The van der Waals surface area contributed by atoms with Crippen molar-refractivity contribution in [1.82, 2.24) is 19.9 Å². The van der Waals surface area contributed by atoms with E-state index in [0.29, 0.717) is 11.6 Å². The monoisotopic (exact) mass is 586 g/mol. The van der Waals surface area contributed by atoms with Crippen LogP contribution in [0.2, 0.25) is 0 Å². The SMILES string of the molecule is c1ccc(-c2cc(-c3ccccc3)nc(-c3ccc(-c4ncc5c6ccccc6c6cc7ccccc7cc6c5n4)cc3)n2)cc1. The first-order valence-electron chi connectivity index (χ1n) is 15.4. The number of nitrogens with zero attached hydrogens (tertiary/aromatic N) is 4. The van der Waals surface area contributed by atoms with Crippen LogP contribution in [0.15, 0.2) is 158 Å². The molecule has 4 nitrogen and oxygen atoms in total. The molecular formula is C42H26N4. The fourth-order valence-corrected chi connectivity index (χ4v) is 6.39. The number of fused-ring (bicyclic) bond motifs is 7. The maximum atomic E-state index is 5.20. The van der Waals surface area contributed by atoms with Crippen molar-refractivity contribution < 1.29 is 0 Å². The van der Waals surface area contributed by atoms with E-state index in [4.69, 9.17) is 19.9 Å². The predicted octanol–water partition coefficient (Wildman–Crippen LogP) is 10.5. The second-order valence-electron chi connectivity index (χ2n) is 11.5. The molecule has 46 heavy (non-hydrogen) atoms. The van der Waals surface area contributed by atoms with Crippen molar-refractivity contribution in [2.24, 2.45) is 0 Å². The highest BCUT2D eigenvalue weighted by Crippen LogP contribution is 2.37. The lowest BCUT2D eigenvalue weighted by Crippen LogP contribution is -1.96. The Morgan fingerprint density at radius 1 is 0.326 bits per heavy atom. The Bertz CT molecular complexity index is 2500. The molecule has 0 amide bonds. The molecule has 0 fully saturated rings. The maximum absolute atomic E-state index is 5.20. The summed E-state index contributed by atoms with van der Waals surface area (Å²) in [6, 6.07) is 52.4. The molecule has 0 N–H and O–H groups in total. The molecular weight excluding hydrogens is 560 g/mol. The fraction of sp³-hybridized carbons (Fsp3) is 0. The van der Waals surface area contributed by atoms with E-state index < -0.39 is 0 Å². The molecule has 0 unspecified atom stereocenters. The molecule has 2 aromatic heterocycles. The number of rotatable bonds is 4. The van der Waals surface area contributed by atoms with Crippen molar-refractivity contribution in [1.29, 1.82) is 0 Å². The van der Waals surface area contributed by atoms with Gasteiger partial charge in [0.25, 0.3) is 0 Å². The van der Waals surface area contributed by atoms with E-state index in [2.05, 4.69) is 115 Å². The third kappa shape index (κ3) is 4.47. The van der Waals surface area contributed by atoms with Crippen molar-refractivity contribution in [2.45, 2.75) is 0 Å². The summed E-state index contributed by atoms with van der Waals surface area (Å²) in [4.78, 5) is 20.0. The van der Waals surface area contributed by atoms with Crippen LogP contribution in [-0.4, -0.2) is 19.9 Å². The van der Waals surface area contributed by atoms with Crippen LogP contribution >= 0.6 is 0 Å². The lowest BCUT2D eigenvalue weighted by atomic mass is 9.95. The second-order valence-corrected chi connectivity index (χ2v) is 11.5. The molecule has 0 spiro atoms. The molecule has 0 aliphatic carbocycles. The zero-order chi connectivity index (χ0) is 30.5. The zero-order valence-corrected chi connectivity index (χ0v) is 24.8. The van der Waals surface area contributed by atoms with Crippen LogP contribution < -0.4 is 0 Å². The molecule has 7 aromatic carbocycles. The van der Waals surface area contributed by atoms with E-state index in [1.165, 1.54) is 21.5 Å². The van der Waals surface area contributed by atoms with Gasteiger partial charge in [0.15, 0.2) is 11.6 Å². The standard InChI is InChI=1S/C42H26N4/c1-3-11-27(12-4-1)38-25-39(28-13-5-2-6-14-28)45-42(44-38)30-21-19-29(20-22-30)41-43-26-37-34-18-10-9-17-33(34)35-23-31-15-7-8-16-32(31)24-36(35)40(37)46-41/h1-26H. The van der Waals surface area contributed by atoms with E-state index >= 15 is 0 Å². The van der Waals surface area contributed by atoms with Gasteiger partial charge in [0.05, 0.1) is 16.9 Å². The van der Waals surface area contributed by atoms with Gasteiger partial charge < -0.3 is 0 Å². The van der Waals surface area contributed by atoms with Crippen molar-refractivity contribution in [2.75, 3.05) is 0 Å². The average Bonchev–Trinajstić information content (AvgIpc) is 3.14. The summed E-state index contributed by atoms with van der Waals surface area (Å²) < 4.78 is 0. The smallest absolute Gasteiger partial charge is 0.160 e. The Balaban J connectivity index is 1.17. The van der Waals surface area contributed by atoms with Crippen LogP contribution in [0.25, 0.3) is 88.5 Å². The molecule has 214 valence electrons. The summed E-state index contributed by atoms with van der Waals surface area (Å²) in [7, 11) is 0. The summed E-state index contributed by atoms with van der Waals surface area (Å²) in [6.07, 6.45) is 1.97. The summed E-state index contributed by atoms with van der Waals surface area (Å²) >= 11 is 0. The number of hydrogen-bond acceptors (Lipinski definition) is 4. The zero-order valence-electron chi connectivity index (χ0n) is 24.8. The van der Waals surface area contributed by atoms with E-state index in [0.717, 1.165) is 55.3 Å². The Morgan fingerprint density at radius 3 is 1.43 bits per heavy atom. The number of aromatic nitrogens is 4. The molecule has 9 rings (SSSR count). The minimum Gasteiger partial charge on any atom is -0.236 e. The van der Waals surface area contributed by atoms with Crippen molar-refractivity contribution >= 4 is 43.2 Å². The van der Waals surface area contributed by atoms with Crippen molar-refractivity contribution in [3.8, 4) is 45.3 Å². The van der Waals surface area contributed by atoms with E-state index in [1.807, 2.05) is 42.6 Å². The van der Waals surface area contributed by atoms with E-state index in [-0.39, 0.29) is 0 Å². The number of benzene rings is 7. The number of hydrogen-bond donors (Lipinski definition) is 0. The first-order chi connectivity index (χ1) is 22.8. The van der Waals surface area contributed by atoms with Gasteiger partial charge in [0.1, 0.15) is 0 Å². The van der Waals surface area contributed by atoms with Gasteiger partial charge in [-0.1, -0.05) is 133 Å². The molecule has 0 aliphatic heterocycles. The van der Waals surface area contributed by atoms with Crippen LogP contribution in [0, 0.1) is 0 Å². The Hall–Kier alpha value is -6.26. The minimum atomic E-state index is 0.676. The maximum Gasteiger partial charge on any atom is 0.160 e. The van der Waals surface area contributed by atoms with E-state index in [9.17, 15) is 0 Å². The van der Waals surface area contributed by atoms with Crippen LogP contribution in [-0.2, 0) is 0 Å². The van der Waals surface area contributed by atoms with Crippen LogP contribution in [0.3, 0.4) is 0 Å². The molecule has 0 radical (unpaired) electrons.